The van der Waals surface area contributed by atoms with Crippen molar-refractivity contribution < 1.29 is 24.3 Å². The molecule has 0 bridgehead atoms. The number of non-ortho nitro benzene ring substituents is 1. The number of carbonyl (C=O) groups is 1. The minimum Gasteiger partial charge on any atom is -0.493 e. The van der Waals surface area contributed by atoms with Gasteiger partial charge in [-0.1, -0.05) is 6.07 Å². The highest BCUT2D eigenvalue weighted by Gasteiger charge is 2.07. The zero-order valence-corrected chi connectivity index (χ0v) is 12.8. The normalized spacial score (nSPS) is 10.5. The number of nitro groups is 1. The standard InChI is InChI=1S/C17H15NO6/c1-23-15-8-4-12(5-9-17(19)20)10-16(15)24-11-13-2-6-14(7-3-13)18(21)22/h2-10H,11H2,1H3,(H,19,20). The van der Waals surface area contributed by atoms with Crippen molar-refractivity contribution in [2.24, 2.45) is 0 Å². The summed E-state index contributed by atoms with van der Waals surface area (Å²) in [4.78, 5) is 20.7. The third kappa shape index (κ3) is 4.57. The minimum absolute atomic E-state index is 0.0112. The molecule has 0 heterocycles. The molecule has 0 unspecified atom stereocenters. The van der Waals surface area contributed by atoms with Crippen molar-refractivity contribution >= 4 is 17.7 Å². The Morgan fingerprint density at radius 1 is 1.21 bits per heavy atom. The maximum absolute atomic E-state index is 10.6. The number of carboxylic acids is 1. The van der Waals surface area contributed by atoms with Gasteiger partial charge in [0.1, 0.15) is 6.61 Å². The van der Waals surface area contributed by atoms with Gasteiger partial charge in [-0.3, -0.25) is 10.1 Å². The third-order valence-corrected chi connectivity index (χ3v) is 3.15. The van der Waals surface area contributed by atoms with Gasteiger partial charge in [0.25, 0.3) is 5.69 Å². The Bertz CT molecular complexity index is 767. The Balaban J connectivity index is 2.13. The van der Waals surface area contributed by atoms with E-state index in [9.17, 15) is 14.9 Å². The molecule has 0 aromatic heterocycles. The van der Waals surface area contributed by atoms with Crippen molar-refractivity contribution in [3.05, 3.63) is 69.8 Å². The lowest BCUT2D eigenvalue weighted by Crippen LogP contribution is -1.98. The fourth-order valence-corrected chi connectivity index (χ4v) is 1.95. The van der Waals surface area contributed by atoms with E-state index in [1.165, 1.54) is 25.3 Å². The number of ether oxygens (including phenoxy) is 2. The van der Waals surface area contributed by atoms with Crippen LogP contribution < -0.4 is 9.47 Å². The summed E-state index contributed by atoms with van der Waals surface area (Å²) in [5, 5.41) is 19.3. The number of carboxylic acid groups (broad SMARTS) is 1. The second kappa shape index (κ2) is 7.77. The Morgan fingerprint density at radius 3 is 2.50 bits per heavy atom. The van der Waals surface area contributed by atoms with Crippen LogP contribution in [0.25, 0.3) is 6.08 Å². The summed E-state index contributed by atoms with van der Waals surface area (Å²) < 4.78 is 10.9. The van der Waals surface area contributed by atoms with Gasteiger partial charge in [0.15, 0.2) is 11.5 Å². The molecule has 7 nitrogen and oxygen atoms in total. The lowest BCUT2D eigenvalue weighted by atomic mass is 10.2. The summed E-state index contributed by atoms with van der Waals surface area (Å²) in [6.45, 7) is 0.195. The number of nitro benzene ring substituents is 1. The van der Waals surface area contributed by atoms with Crippen LogP contribution in [0, 0.1) is 10.1 Å². The van der Waals surface area contributed by atoms with Crippen LogP contribution in [0.3, 0.4) is 0 Å². The quantitative estimate of drug-likeness (QED) is 0.475. The van der Waals surface area contributed by atoms with Gasteiger partial charge in [-0.2, -0.15) is 0 Å². The first-order valence-electron chi connectivity index (χ1n) is 6.95. The van der Waals surface area contributed by atoms with Gasteiger partial charge in [0, 0.05) is 18.2 Å². The largest absolute Gasteiger partial charge is 0.493 e. The molecule has 0 aliphatic carbocycles. The van der Waals surface area contributed by atoms with Crippen molar-refractivity contribution in [3.8, 4) is 11.5 Å². The van der Waals surface area contributed by atoms with Gasteiger partial charge in [-0.05, 0) is 41.5 Å². The second-order valence-electron chi connectivity index (χ2n) is 4.79. The van der Waals surface area contributed by atoms with Crippen LogP contribution in [0.2, 0.25) is 0 Å². The van der Waals surface area contributed by atoms with E-state index in [0.29, 0.717) is 17.1 Å². The molecule has 7 heteroatoms. The molecule has 2 aromatic carbocycles. The SMILES string of the molecule is COc1ccc(C=CC(=O)O)cc1OCc1ccc([N+](=O)[O-])cc1. The summed E-state index contributed by atoms with van der Waals surface area (Å²) in [6, 6.07) is 11.1. The van der Waals surface area contributed by atoms with E-state index in [-0.39, 0.29) is 12.3 Å². The summed E-state index contributed by atoms with van der Waals surface area (Å²) in [5.74, 6) is -0.0908. The van der Waals surface area contributed by atoms with Gasteiger partial charge >= 0.3 is 5.97 Å². The minimum atomic E-state index is -1.04. The van der Waals surface area contributed by atoms with Crippen LogP contribution in [0.15, 0.2) is 48.5 Å². The first-order chi connectivity index (χ1) is 11.5. The molecule has 0 radical (unpaired) electrons. The smallest absolute Gasteiger partial charge is 0.328 e. The van der Waals surface area contributed by atoms with E-state index in [2.05, 4.69) is 0 Å². The summed E-state index contributed by atoms with van der Waals surface area (Å²) in [7, 11) is 1.50. The topological polar surface area (TPSA) is 98.9 Å². The molecule has 2 rings (SSSR count). The van der Waals surface area contributed by atoms with Gasteiger partial charge in [-0.15, -0.1) is 0 Å². The lowest BCUT2D eigenvalue weighted by Gasteiger charge is -2.11. The first kappa shape index (κ1) is 17.0. The van der Waals surface area contributed by atoms with Gasteiger partial charge in [0.2, 0.25) is 0 Å². The highest BCUT2D eigenvalue weighted by atomic mass is 16.6. The van der Waals surface area contributed by atoms with Crippen molar-refractivity contribution in [1.29, 1.82) is 0 Å². The molecule has 124 valence electrons. The number of hydrogen-bond donors (Lipinski definition) is 1. The number of hydrogen-bond acceptors (Lipinski definition) is 5. The van der Waals surface area contributed by atoms with E-state index >= 15 is 0 Å². The lowest BCUT2D eigenvalue weighted by molar-refractivity contribution is -0.384. The van der Waals surface area contributed by atoms with Gasteiger partial charge in [-0.25, -0.2) is 4.79 Å². The third-order valence-electron chi connectivity index (χ3n) is 3.15. The predicted octanol–water partition coefficient (Wildman–Crippen LogP) is 3.28. The van der Waals surface area contributed by atoms with E-state index < -0.39 is 10.9 Å². The molecule has 0 spiro atoms. The van der Waals surface area contributed by atoms with Crippen LogP contribution in [0.4, 0.5) is 5.69 Å². The molecular weight excluding hydrogens is 314 g/mol. The maximum Gasteiger partial charge on any atom is 0.328 e. The van der Waals surface area contributed by atoms with E-state index in [1.807, 2.05) is 0 Å². The molecule has 0 aliphatic heterocycles. The van der Waals surface area contributed by atoms with Gasteiger partial charge in [0.05, 0.1) is 12.0 Å². The molecule has 0 amide bonds. The molecule has 0 saturated heterocycles. The van der Waals surface area contributed by atoms with E-state index in [0.717, 1.165) is 11.6 Å². The average molecular weight is 329 g/mol. The molecule has 0 aliphatic rings. The van der Waals surface area contributed by atoms with E-state index in [1.54, 1.807) is 30.3 Å². The number of aliphatic carboxylic acids is 1. The van der Waals surface area contributed by atoms with Crippen LogP contribution in [-0.4, -0.2) is 23.1 Å². The van der Waals surface area contributed by atoms with Crippen molar-refractivity contribution in [2.75, 3.05) is 7.11 Å². The highest BCUT2D eigenvalue weighted by molar-refractivity contribution is 5.85. The number of nitrogens with zero attached hydrogens (tertiary/aromatic N) is 1. The number of rotatable bonds is 7. The van der Waals surface area contributed by atoms with Crippen molar-refractivity contribution in [3.63, 3.8) is 0 Å². The Morgan fingerprint density at radius 2 is 1.92 bits per heavy atom. The molecule has 0 saturated carbocycles. The van der Waals surface area contributed by atoms with Gasteiger partial charge < -0.3 is 14.6 Å². The zero-order valence-electron chi connectivity index (χ0n) is 12.8. The van der Waals surface area contributed by atoms with E-state index in [4.69, 9.17) is 14.6 Å². The molecule has 0 atom stereocenters. The second-order valence-corrected chi connectivity index (χ2v) is 4.79. The maximum atomic E-state index is 10.6. The summed E-state index contributed by atoms with van der Waals surface area (Å²) in [6.07, 6.45) is 2.47. The Hall–Kier alpha value is -3.35. The predicted molar refractivity (Wildman–Crippen MR) is 87.1 cm³/mol. The average Bonchev–Trinajstić information content (AvgIpc) is 2.58. The molecule has 24 heavy (non-hydrogen) atoms. The van der Waals surface area contributed by atoms with Crippen molar-refractivity contribution in [1.82, 2.24) is 0 Å². The Labute approximate surface area is 137 Å². The summed E-state index contributed by atoms with van der Waals surface area (Å²) in [5.41, 5.74) is 1.42. The zero-order chi connectivity index (χ0) is 17.5. The molecule has 1 N–H and O–H groups in total. The molecular formula is C17H15NO6. The number of methoxy groups -OCH3 is 1. The number of benzene rings is 2. The Kier molecular flexibility index (Phi) is 5.51. The molecule has 2 aromatic rings. The molecule has 0 fully saturated rings. The van der Waals surface area contributed by atoms with Crippen LogP contribution in [0.5, 0.6) is 11.5 Å². The van der Waals surface area contributed by atoms with Crippen LogP contribution in [-0.2, 0) is 11.4 Å². The highest BCUT2D eigenvalue weighted by Crippen LogP contribution is 2.29. The fourth-order valence-electron chi connectivity index (χ4n) is 1.95. The van der Waals surface area contributed by atoms with Crippen LogP contribution >= 0.6 is 0 Å². The summed E-state index contributed by atoms with van der Waals surface area (Å²) >= 11 is 0. The first-order valence-corrected chi connectivity index (χ1v) is 6.95. The van der Waals surface area contributed by atoms with Crippen LogP contribution in [0.1, 0.15) is 11.1 Å². The fraction of sp³-hybridized carbons (Fsp3) is 0.118. The monoisotopic (exact) mass is 329 g/mol. The van der Waals surface area contributed by atoms with Crippen molar-refractivity contribution in [2.45, 2.75) is 6.61 Å².